The molecular formula is C34H32N4O6S. The predicted octanol–water partition coefficient (Wildman–Crippen LogP) is 5.33. The monoisotopic (exact) mass is 624 g/mol. The Morgan fingerprint density at radius 1 is 0.822 bits per heavy atom. The normalized spacial score (nSPS) is 11.6. The largest absolute Gasteiger partial charge is 0.497 e. The highest BCUT2D eigenvalue weighted by Crippen LogP contribution is 2.28. The lowest BCUT2D eigenvalue weighted by atomic mass is 10.1. The lowest BCUT2D eigenvalue weighted by molar-refractivity contribution is -0.115. The van der Waals surface area contributed by atoms with Crippen molar-refractivity contribution in [1.82, 2.24) is 5.32 Å². The molecule has 0 spiro atoms. The number of benzene rings is 4. The van der Waals surface area contributed by atoms with Gasteiger partial charge >= 0.3 is 0 Å². The highest BCUT2D eigenvalue weighted by Gasteiger charge is 2.19. The maximum atomic E-state index is 13.5. The quantitative estimate of drug-likeness (QED) is 0.123. The third-order valence-electron chi connectivity index (χ3n) is 6.51. The summed E-state index contributed by atoms with van der Waals surface area (Å²) in [6, 6.07) is 27.1. The molecule has 45 heavy (non-hydrogen) atoms. The molecule has 0 fully saturated rings. The van der Waals surface area contributed by atoms with Gasteiger partial charge in [0.1, 0.15) is 17.2 Å². The third-order valence-corrected chi connectivity index (χ3v) is 7.63. The van der Waals surface area contributed by atoms with Crippen molar-refractivity contribution in [3.05, 3.63) is 119 Å². The maximum absolute atomic E-state index is 13.5. The number of methoxy groups -OCH3 is 2. The highest BCUT2D eigenvalue weighted by atomic mass is 32.2. The molecule has 0 aliphatic heterocycles. The molecule has 4 aromatic carbocycles. The second kappa shape index (κ2) is 15.3. The van der Waals surface area contributed by atoms with E-state index in [0.29, 0.717) is 34.0 Å². The molecule has 230 valence electrons. The smallest absolute Gasteiger partial charge is 0.272 e. The molecule has 0 aliphatic carbocycles. The van der Waals surface area contributed by atoms with E-state index in [4.69, 9.17) is 15.2 Å². The van der Waals surface area contributed by atoms with Gasteiger partial charge in [0.25, 0.3) is 17.7 Å². The van der Waals surface area contributed by atoms with Gasteiger partial charge in [0.15, 0.2) is 0 Å². The summed E-state index contributed by atoms with van der Waals surface area (Å²) in [5, 5.41) is 7.76. The number of ether oxygens (including phenoxy) is 2. The van der Waals surface area contributed by atoms with Gasteiger partial charge in [-0.3, -0.25) is 19.2 Å². The molecular weight excluding hydrogens is 592 g/mol. The molecule has 0 heterocycles. The van der Waals surface area contributed by atoms with Gasteiger partial charge in [-0.15, -0.1) is 11.8 Å². The lowest BCUT2D eigenvalue weighted by Crippen LogP contribution is -2.30. The molecule has 5 N–H and O–H groups in total. The van der Waals surface area contributed by atoms with Crippen LogP contribution in [0.2, 0.25) is 0 Å². The zero-order valence-corrected chi connectivity index (χ0v) is 25.6. The molecule has 0 aromatic heterocycles. The Hall–Kier alpha value is -5.55. The van der Waals surface area contributed by atoms with E-state index in [0.717, 1.165) is 4.90 Å². The molecule has 4 aromatic rings. The average Bonchev–Trinajstić information content (AvgIpc) is 3.05. The van der Waals surface area contributed by atoms with E-state index < -0.39 is 23.0 Å². The van der Waals surface area contributed by atoms with Gasteiger partial charge in [-0.2, -0.15) is 0 Å². The standard InChI is InChI=1S/C34H32N4O6S/c1-21(32(40)37-28-12-8-7-11-27(28)31(35)39)45-26-17-14-24(15-18-26)36-34(42)29(38-33(41)22-9-5-4-6-10-22)19-23-13-16-25(43-2)20-30(23)44-3/h4-21H,1-3H3,(H2,35,39)(H,36,42)(H,37,40)(H,38,41)/b29-19-. The van der Waals surface area contributed by atoms with Crippen LogP contribution in [0.4, 0.5) is 11.4 Å². The number of carbonyl (C=O) groups excluding carboxylic acids is 4. The van der Waals surface area contributed by atoms with Gasteiger partial charge in [0.2, 0.25) is 5.91 Å². The van der Waals surface area contributed by atoms with Crippen LogP contribution in [0.3, 0.4) is 0 Å². The Morgan fingerprint density at radius 3 is 2.18 bits per heavy atom. The molecule has 0 saturated carbocycles. The molecule has 1 atom stereocenters. The van der Waals surface area contributed by atoms with E-state index in [9.17, 15) is 19.2 Å². The number of amides is 4. The fourth-order valence-electron chi connectivity index (χ4n) is 4.15. The summed E-state index contributed by atoms with van der Waals surface area (Å²) in [4.78, 5) is 51.7. The number of nitrogens with two attached hydrogens (primary N) is 1. The molecule has 0 bridgehead atoms. The zero-order valence-electron chi connectivity index (χ0n) is 24.8. The van der Waals surface area contributed by atoms with Crippen LogP contribution in [0.25, 0.3) is 6.08 Å². The number of anilines is 2. The second-order valence-electron chi connectivity index (χ2n) is 9.62. The fourth-order valence-corrected chi connectivity index (χ4v) is 5.02. The summed E-state index contributed by atoms with van der Waals surface area (Å²) in [5.74, 6) is -0.927. The highest BCUT2D eigenvalue weighted by molar-refractivity contribution is 8.00. The number of primary amides is 1. The lowest BCUT2D eigenvalue weighted by Gasteiger charge is -2.15. The molecule has 4 rings (SSSR count). The Balaban J connectivity index is 1.48. The number of para-hydroxylation sites is 1. The minimum Gasteiger partial charge on any atom is -0.497 e. The van der Waals surface area contributed by atoms with E-state index in [-0.39, 0.29) is 17.2 Å². The van der Waals surface area contributed by atoms with Crippen LogP contribution in [0, 0.1) is 0 Å². The Bertz CT molecular complexity index is 1720. The van der Waals surface area contributed by atoms with Crippen molar-refractivity contribution in [2.45, 2.75) is 17.1 Å². The van der Waals surface area contributed by atoms with Crippen molar-refractivity contribution >= 4 is 52.8 Å². The van der Waals surface area contributed by atoms with Crippen LogP contribution in [-0.2, 0) is 9.59 Å². The number of nitrogens with one attached hydrogen (secondary N) is 3. The number of thioether (sulfide) groups is 1. The molecule has 0 saturated heterocycles. The summed E-state index contributed by atoms with van der Waals surface area (Å²) >= 11 is 1.30. The van der Waals surface area contributed by atoms with Gasteiger partial charge < -0.3 is 31.2 Å². The van der Waals surface area contributed by atoms with Crippen molar-refractivity contribution in [1.29, 1.82) is 0 Å². The SMILES string of the molecule is COc1ccc(/C=C(\NC(=O)c2ccccc2)C(=O)Nc2ccc(SC(C)C(=O)Nc3ccccc3C(N)=O)cc2)c(OC)c1. The van der Waals surface area contributed by atoms with Crippen molar-refractivity contribution in [2.24, 2.45) is 5.73 Å². The topological polar surface area (TPSA) is 149 Å². The first kappa shape index (κ1) is 32.4. The number of carbonyl (C=O) groups is 4. The van der Waals surface area contributed by atoms with Gasteiger partial charge in [-0.25, -0.2) is 0 Å². The first-order chi connectivity index (χ1) is 21.7. The van der Waals surface area contributed by atoms with Gasteiger partial charge in [-0.1, -0.05) is 30.3 Å². The molecule has 1 unspecified atom stereocenters. The summed E-state index contributed by atoms with van der Waals surface area (Å²) < 4.78 is 10.7. The van der Waals surface area contributed by atoms with Crippen LogP contribution in [0.15, 0.2) is 108 Å². The van der Waals surface area contributed by atoms with E-state index in [1.165, 1.54) is 32.1 Å². The fraction of sp³-hybridized carbons (Fsp3) is 0.118. The molecule has 0 aliphatic rings. The van der Waals surface area contributed by atoms with Crippen molar-refractivity contribution in [3.63, 3.8) is 0 Å². The zero-order chi connectivity index (χ0) is 32.3. The van der Waals surface area contributed by atoms with Crippen LogP contribution < -0.4 is 31.2 Å². The summed E-state index contributed by atoms with van der Waals surface area (Å²) in [7, 11) is 3.03. The van der Waals surface area contributed by atoms with Gasteiger partial charge in [0, 0.05) is 27.8 Å². The molecule has 10 nitrogen and oxygen atoms in total. The van der Waals surface area contributed by atoms with Crippen LogP contribution in [0.1, 0.15) is 33.2 Å². The predicted molar refractivity (Wildman–Crippen MR) is 175 cm³/mol. The second-order valence-corrected chi connectivity index (χ2v) is 11.0. The Morgan fingerprint density at radius 2 is 1.51 bits per heavy atom. The molecule has 4 amide bonds. The van der Waals surface area contributed by atoms with E-state index in [1.54, 1.807) is 104 Å². The van der Waals surface area contributed by atoms with E-state index in [2.05, 4.69) is 16.0 Å². The summed E-state index contributed by atoms with van der Waals surface area (Å²) in [5.41, 5.74) is 7.38. The minimum absolute atomic E-state index is 0.00712. The molecule has 0 radical (unpaired) electrons. The van der Waals surface area contributed by atoms with Crippen molar-refractivity contribution in [3.8, 4) is 11.5 Å². The minimum atomic E-state index is -0.635. The first-order valence-electron chi connectivity index (χ1n) is 13.8. The van der Waals surface area contributed by atoms with E-state index >= 15 is 0 Å². The Labute approximate surface area is 265 Å². The number of rotatable bonds is 12. The van der Waals surface area contributed by atoms with Gasteiger partial charge in [0.05, 0.1) is 30.7 Å². The van der Waals surface area contributed by atoms with E-state index in [1.807, 2.05) is 0 Å². The summed E-state index contributed by atoms with van der Waals surface area (Å²) in [6.45, 7) is 1.74. The van der Waals surface area contributed by atoms with Crippen LogP contribution >= 0.6 is 11.8 Å². The molecule has 11 heteroatoms. The number of hydrogen-bond donors (Lipinski definition) is 4. The van der Waals surface area contributed by atoms with Gasteiger partial charge in [-0.05, 0) is 73.7 Å². The average molecular weight is 625 g/mol. The van der Waals surface area contributed by atoms with Crippen LogP contribution in [0.5, 0.6) is 11.5 Å². The maximum Gasteiger partial charge on any atom is 0.272 e. The first-order valence-corrected chi connectivity index (χ1v) is 14.6. The van der Waals surface area contributed by atoms with Crippen molar-refractivity contribution in [2.75, 3.05) is 24.9 Å². The van der Waals surface area contributed by atoms with Crippen molar-refractivity contribution < 1.29 is 28.7 Å². The Kier molecular flexibility index (Phi) is 11.0. The summed E-state index contributed by atoms with van der Waals surface area (Å²) in [6.07, 6.45) is 1.52. The van der Waals surface area contributed by atoms with Crippen LogP contribution in [-0.4, -0.2) is 43.1 Å². The third kappa shape index (κ3) is 8.74. The number of hydrogen-bond acceptors (Lipinski definition) is 7.